The fourth-order valence-electron chi connectivity index (χ4n) is 3.03. The number of nitrogens with one attached hydrogen (secondary N) is 2. The van der Waals surface area contributed by atoms with Crippen molar-refractivity contribution in [3.63, 3.8) is 0 Å². The Morgan fingerprint density at radius 3 is 2.61 bits per heavy atom. The van der Waals surface area contributed by atoms with Gasteiger partial charge >= 0.3 is 0 Å². The first kappa shape index (κ1) is 26.3. The fraction of sp³-hybridized carbons (Fsp3) is 0.308. The van der Waals surface area contributed by atoms with Gasteiger partial charge in [-0.2, -0.15) is 0 Å². The van der Waals surface area contributed by atoms with E-state index in [-0.39, 0.29) is 12.7 Å². The number of aliphatic hydroxyl groups excluding tert-OH is 1. The molecule has 1 atom stereocenters. The number of aliphatic imine (C=N–C) groups is 2. The van der Waals surface area contributed by atoms with Gasteiger partial charge in [-0.15, -0.1) is 0 Å². The quantitative estimate of drug-likeness (QED) is 0.316. The van der Waals surface area contributed by atoms with Gasteiger partial charge in [0.15, 0.2) is 5.84 Å². The maximum absolute atomic E-state index is 8.95. The van der Waals surface area contributed by atoms with Crippen molar-refractivity contribution in [3.05, 3.63) is 83.2 Å². The van der Waals surface area contributed by atoms with Crippen LogP contribution >= 0.6 is 11.6 Å². The van der Waals surface area contributed by atoms with Crippen molar-refractivity contribution < 1.29 is 9.84 Å². The van der Waals surface area contributed by atoms with Crippen molar-refractivity contribution in [3.8, 4) is 0 Å². The number of aliphatic hydroxyl groups is 1. The maximum Gasteiger partial charge on any atom is 0.151 e. The standard InChI is InChI=1S/C26H33ClN4O2/c1-6-13-29-26(31-23-10-7-21(8-11-23)19(3)28-14-15-32)20(4)30-17-18(2)22-9-12-25(33-5)24(27)16-22/h6-11,13,16-17,25,28,32H,3,12,14-15H2,1-2,4-5H3,(H,29,31)/b13-6-,18-17+,30-20+. The van der Waals surface area contributed by atoms with Gasteiger partial charge < -0.3 is 20.5 Å². The Kier molecular flexibility index (Phi) is 10.8. The number of hydrogen-bond donors (Lipinski definition) is 3. The predicted molar refractivity (Wildman–Crippen MR) is 141 cm³/mol. The monoisotopic (exact) mass is 468 g/mol. The maximum atomic E-state index is 8.95. The van der Waals surface area contributed by atoms with Gasteiger partial charge in [0.2, 0.25) is 0 Å². The Balaban J connectivity index is 2.16. The molecule has 1 aromatic carbocycles. The van der Waals surface area contributed by atoms with Crippen molar-refractivity contribution in [2.75, 3.05) is 25.6 Å². The van der Waals surface area contributed by atoms with Crippen molar-refractivity contribution >= 4 is 34.5 Å². The highest BCUT2D eigenvalue weighted by molar-refractivity contribution is 6.45. The average molecular weight is 469 g/mol. The van der Waals surface area contributed by atoms with Gasteiger partial charge in [0, 0.05) is 42.5 Å². The normalized spacial score (nSPS) is 17.6. The van der Waals surface area contributed by atoms with Crippen molar-refractivity contribution in [1.29, 1.82) is 0 Å². The van der Waals surface area contributed by atoms with Crippen LogP contribution in [-0.4, -0.2) is 43.0 Å². The molecule has 3 N–H and O–H groups in total. The van der Waals surface area contributed by atoms with Crippen molar-refractivity contribution in [2.45, 2.75) is 33.3 Å². The highest BCUT2D eigenvalue weighted by atomic mass is 35.5. The van der Waals surface area contributed by atoms with Crippen LogP contribution in [0.3, 0.4) is 0 Å². The molecule has 1 unspecified atom stereocenters. The minimum Gasteiger partial charge on any atom is -0.395 e. The lowest BCUT2D eigenvalue weighted by molar-refractivity contribution is 0.139. The van der Waals surface area contributed by atoms with Crippen LogP contribution < -0.4 is 10.6 Å². The van der Waals surface area contributed by atoms with Crippen LogP contribution in [-0.2, 0) is 4.74 Å². The molecule has 1 aliphatic rings. The molecule has 2 rings (SSSR count). The summed E-state index contributed by atoms with van der Waals surface area (Å²) in [5, 5.41) is 16.0. The van der Waals surface area contributed by atoms with Crippen LogP contribution in [0.4, 0.5) is 5.69 Å². The molecule has 0 saturated heterocycles. The lowest BCUT2D eigenvalue weighted by atomic mass is 9.99. The van der Waals surface area contributed by atoms with Gasteiger partial charge in [-0.3, -0.25) is 4.99 Å². The van der Waals surface area contributed by atoms with Crippen molar-refractivity contribution in [1.82, 2.24) is 5.32 Å². The zero-order chi connectivity index (χ0) is 24.2. The molecule has 0 amide bonds. The zero-order valence-corrected chi connectivity index (χ0v) is 20.5. The summed E-state index contributed by atoms with van der Waals surface area (Å²) in [4.78, 5) is 9.13. The average Bonchev–Trinajstić information content (AvgIpc) is 2.83. The molecule has 0 aliphatic heterocycles. The topological polar surface area (TPSA) is 78.2 Å². The Morgan fingerprint density at radius 2 is 2.00 bits per heavy atom. The van der Waals surface area contributed by atoms with Gasteiger partial charge in [0.05, 0.1) is 18.4 Å². The first-order chi connectivity index (χ1) is 15.9. The second-order valence-corrected chi connectivity index (χ2v) is 7.90. The number of nitrogens with zero attached hydrogens (tertiary/aromatic N) is 2. The predicted octanol–water partition coefficient (Wildman–Crippen LogP) is 5.42. The first-order valence-corrected chi connectivity index (χ1v) is 11.2. The third kappa shape index (κ3) is 8.17. The molecule has 0 aromatic heterocycles. The van der Waals surface area contributed by atoms with E-state index in [2.05, 4.69) is 33.3 Å². The third-order valence-corrected chi connectivity index (χ3v) is 5.34. The summed E-state index contributed by atoms with van der Waals surface area (Å²) in [7, 11) is 1.66. The molecular weight excluding hydrogens is 436 g/mol. The van der Waals surface area contributed by atoms with Crippen LogP contribution in [0.2, 0.25) is 0 Å². The van der Waals surface area contributed by atoms with E-state index in [1.165, 1.54) is 0 Å². The number of benzene rings is 1. The molecule has 33 heavy (non-hydrogen) atoms. The molecule has 6 nitrogen and oxygen atoms in total. The molecule has 0 radical (unpaired) electrons. The number of methoxy groups -OCH3 is 1. The summed E-state index contributed by atoms with van der Waals surface area (Å²) in [6, 6.07) is 7.81. The zero-order valence-electron chi connectivity index (χ0n) is 19.7. The fourth-order valence-corrected chi connectivity index (χ4v) is 3.32. The minimum atomic E-state index is -0.0776. The van der Waals surface area contributed by atoms with E-state index in [1.807, 2.05) is 63.4 Å². The second-order valence-electron chi connectivity index (χ2n) is 7.47. The summed E-state index contributed by atoms with van der Waals surface area (Å²) in [6.45, 7) is 10.3. The first-order valence-electron chi connectivity index (χ1n) is 10.8. The molecule has 0 heterocycles. The molecule has 1 aliphatic carbocycles. The molecular formula is C26H33ClN4O2. The molecule has 176 valence electrons. The van der Waals surface area contributed by atoms with E-state index in [0.29, 0.717) is 17.4 Å². The molecule has 0 spiro atoms. The number of halogens is 1. The summed E-state index contributed by atoms with van der Waals surface area (Å²) < 4.78 is 5.35. The van der Waals surface area contributed by atoms with Crippen LogP contribution in [0.1, 0.15) is 32.8 Å². The highest BCUT2D eigenvalue weighted by Gasteiger charge is 2.16. The molecule has 0 saturated carbocycles. The van der Waals surface area contributed by atoms with Crippen LogP contribution in [0.15, 0.2) is 87.6 Å². The largest absolute Gasteiger partial charge is 0.395 e. The molecule has 0 fully saturated rings. The summed E-state index contributed by atoms with van der Waals surface area (Å²) in [5.74, 6) is 0.646. The lowest BCUT2D eigenvalue weighted by Gasteiger charge is -2.18. The summed E-state index contributed by atoms with van der Waals surface area (Å²) in [6.07, 6.45) is 10.1. The van der Waals surface area contributed by atoms with Crippen LogP contribution in [0.25, 0.3) is 5.70 Å². The van der Waals surface area contributed by atoms with Gasteiger partial charge in [0.25, 0.3) is 0 Å². The van der Waals surface area contributed by atoms with Crippen LogP contribution in [0, 0.1) is 0 Å². The van der Waals surface area contributed by atoms with E-state index in [1.54, 1.807) is 13.3 Å². The van der Waals surface area contributed by atoms with E-state index >= 15 is 0 Å². The Labute approximate surface area is 201 Å². The Hall–Kier alpha value is -2.93. The van der Waals surface area contributed by atoms with E-state index in [4.69, 9.17) is 21.4 Å². The molecule has 7 heteroatoms. The van der Waals surface area contributed by atoms with Gasteiger partial charge in [-0.05, 0) is 62.1 Å². The number of allylic oxidation sites excluding steroid dienone is 4. The highest BCUT2D eigenvalue weighted by Crippen LogP contribution is 2.27. The molecule has 0 bridgehead atoms. The van der Waals surface area contributed by atoms with Gasteiger partial charge in [0.1, 0.15) is 0 Å². The van der Waals surface area contributed by atoms with E-state index < -0.39 is 0 Å². The number of ether oxygens (including phenoxy) is 1. The number of anilines is 1. The SMILES string of the molecule is C=C(NCCO)c1ccc(NC(=N/C=C\C)/C(C)=N/C=C(\C)C2=CCC(OC)C(Cl)=C2)cc1. The third-order valence-electron chi connectivity index (χ3n) is 4.99. The van der Waals surface area contributed by atoms with E-state index in [0.717, 1.165) is 40.2 Å². The number of hydrogen-bond acceptors (Lipinski definition) is 5. The summed E-state index contributed by atoms with van der Waals surface area (Å²) in [5.41, 5.74) is 5.38. The molecule has 1 aromatic rings. The van der Waals surface area contributed by atoms with Crippen LogP contribution in [0.5, 0.6) is 0 Å². The summed E-state index contributed by atoms with van der Waals surface area (Å²) >= 11 is 6.31. The van der Waals surface area contributed by atoms with Gasteiger partial charge in [-0.25, -0.2) is 4.99 Å². The number of amidine groups is 1. The second kappa shape index (κ2) is 13.6. The minimum absolute atomic E-state index is 0.0598. The van der Waals surface area contributed by atoms with E-state index in [9.17, 15) is 0 Å². The van der Waals surface area contributed by atoms with Crippen molar-refractivity contribution in [2.24, 2.45) is 9.98 Å². The van der Waals surface area contributed by atoms with Gasteiger partial charge in [-0.1, -0.05) is 42.5 Å². The lowest BCUT2D eigenvalue weighted by Crippen LogP contribution is -2.20. The Morgan fingerprint density at radius 1 is 1.27 bits per heavy atom. The Bertz CT molecular complexity index is 1000. The number of rotatable bonds is 10. The smallest absolute Gasteiger partial charge is 0.151 e.